The monoisotopic (exact) mass is 166 g/mol. The number of aromatic amines is 1. The molecule has 0 spiro atoms. The summed E-state index contributed by atoms with van der Waals surface area (Å²) in [6.45, 7) is 0. The van der Waals surface area contributed by atoms with Crippen LogP contribution >= 0.6 is 11.6 Å². The second kappa shape index (κ2) is 4.92. The molecule has 0 fully saturated rings. The van der Waals surface area contributed by atoms with E-state index in [0.717, 1.165) is 0 Å². The highest BCUT2D eigenvalue weighted by atomic mass is 35.5. The lowest BCUT2D eigenvalue weighted by Gasteiger charge is -1.81. The first-order valence-electron chi connectivity index (χ1n) is 2.00. The van der Waals surface area contributed by atoms with Crippen molar-refractivity contribution < 1.29 is 11.0 Å². The summed E-state index contributed by atoms with van der Waals surface area (Å²) in [5.41, 5.74) is -0.419. The van der Waals surface area contributed by atoms with Crippen LogP contribution in [0.5, 0.6) is 0 Å². The molecule has 0 amide bonds. The number of aromatic nitrogens is 2. The molecule has 0 saturated carbocycles. The topological polar surface area (TPSA) is 109 Å². The molecule has 0 unspecified atom stereocenters. The zero-order valence-electron chi connectivity index (χ0n) is 4.89. The maximum atomic E-state index is 10.2. The summed E-state index contributed by atoms with van der Waals surface area (Å²) >= 11 is 5.35. The molecule has 5 nitrogen and oxygen atoms in total. The van der Waals surface area contributed by atoms with Gasteiger partial charge in [-0.05, 0) is 6.07 Å². The smallest absolute Gasteiger partial charge is 0.346 e. The van der Waals surface area contributed by atoms with E-state index in [0.29, 0.717) is 5.15 Å². The number of rotatable bonds is 0. The third-order valence-corrected chi connectivity index (χ3v) is 0.859. The molecule has 0 aliphatic heterocycles. The first kappa shape index (κ1) is 11.8. The Morgan fingerprint density at radius 1 is 1.50 bits per heavy atom. The Labute approximate surface area is 61.3 Å². The predicted octanol–water partition coefficient (Wildman–Crippen LogP) is -1.23. The summed E-state index contributed by atoms with van der Waals surface area (Å²) in [5, 5.41) is 0.310. The van der Waals surface area contributed by atoms with Gasteiger partial charge in [0.2, 0.25) is 0 Å². The average molecular weight is 167 g/mol. The lowest BCUT2D eigenvalue weighted by Crippen LogP contribution is -2.07. The Bertz CT molecular complexity index is 236. The standard InChI is InChI=1S/C4H3ClN2O.2H2O/c5-3-1-2-6-4(8)7-3;;/h1-2H,(H,6,7,8);2*1H2. The molecule has 1 aromatic rings. The van der Waals surface area contributed by atoms with E-state index in [2.05, 4.69) is 9.97 Å². The Balaban J connectivity index is 0. The van der Waals surface area contributed by atoms with Gasteiger partial charge in [0.15, 0.2) is 0 Å². The van der Waals surface area contributed by atoms with E-state index in [1.807, 2.05) is 0 Å². The van der Waals surface area contributed by atoms with Crippen LogP contribution in [0.15, 0.2) is 17.1 Å². The molecule has 0 saturated heterocycles. The Morgan fingerprint density at radius 3 is 2.40 bits per heavy atom. The number of hydrogen-bond acceptors (Lipinski definition) is 2. The van der Waals surface area contributed by atoms with Gasteiger partial charge in [-0.15, -0.1) is 0 Å². The first-order valence-corrected chi connectivity index (χ1v) is 2.37. The summed E-state index contributed by atoms with van der Waals surface area (Å²) in [6, 6.07) is 1.50. The van der Waals surface area contributed by atoms with Crippen molar-refractivity contribution in [2.75, 3.05) is 0 Å². The average Bonchev–Trinajstić information content (AvgIpc) is 1.64. The summed E-state index contributed by atoms with van der Waals surface area (Å²) < 4.78 is 0. The fourth-order valence-electron chi connectivity index (χ4n) is 0.347. The van der Waals surface area contributed by atoms with Gasteiger partial charge in [0.25, 0.3) is 0 Å². The third-order valence-electron chi connectivity index (χ3n) is 0.639. The van der Waals surface area contributed by atoms with E-state index in [1.165, 1.54) is 12.3 Å². The quantitative estimate of drug-likeness (QED) is 0.487. The normalized spacial score (nSPS) is 7.30. The maximum absolute atomic E-state index is 10.2. The number of halogens is 1. The molecule has 0 radical (unpaired) electrons. The van der Waals surface area contributed by atoms with Gasteiger partial charge in [0.1, 0.15) is 5.15 Å². The highest BCUT2D eigenvalue weighted by Gasteiger charge is 1.82. The van der Waals surface area contributed by atoms with E-state index in [4.69, 9.17) is 11.6 Å². The predicted molar refractivity (Wildman–Crippen MR) is 37.1 cm³/mol. The molecular formula is C4H7ClN2O3. The van der Waals surface area contributed by atoms with Crippen molar-refractivity contribution in [1.82, 2.24) is 9.97 Å². The van der Waals surface area contributed by atoms with E-state index in [1.54, 1.807) is 0 Å². The van der Waals surface area contributed by atoms with Gasteiger partial charge in [-0.25, -0.2) is 9.78 Å². The van der Waals surface area contributed by atoms with Crippen LogP contribution in [-0.2, 0) is 0 Å². The Hall–Kier alpha value is -0.910. The first-order chi connectivity index (χ1) is 3.79. The highest BCUT2D eigenvalue weighted by Crippen LogP contribution is 1.94. The van der Waals surface area contributed by atoms with Gasteiger partial charge >= 0.3 is 5.69 Å². The van der Waals surface area contributed by atoms with E-state index >= 15 is 0 Å². The fraction of sp³-hybridized carbons (Fsp3) is 0. The SMILES string of the molecule is O.O.O=c1nccc(Cl)[nH]1. The zero-order chi connectivity index (χ0) is 5.98. The van der Waals surface area contributed by atoms with E-state index in [9.17, 15) is 4.79 Å². The largest absolute Gasteiger partial charge is 0.412 e. The van der Waals surface area contributed by atoms with Crippen LogP contribution in [0.2, 0.25) is 5.15 Å². The van der Waals surface area contributed by atoms with Crippen LogP contribution < -0.4 is 5.69 Å². The van der Waals surface area contributed by atoms with Crippen molar-refractivity contribution in [3.63, 3.8) is 0 Å². The minimum atomic E-state index is -0.419. The van der Waals surface area contributed by atoms with Crippen molar-refractivity contribution >= 4 is 11.6 Å². The van der Waals surface area contributed by atoms with Crippen LogP contribution in [0, 0.1) is 0 Å². The molecule has 0 atom stereocenters. The summed E-state index contributed by atoms with van der Waals surface area (Å²) in [6.07, 6.45) is 1.35. The van der Waals surface area contributed by atoms with Crippen molar-refractivity contribution in [2.45, 2.75) is 0 Å². The summed E-state index contributed by atoms with van der Waals surface area (Å²) in [5.74, 6) is 0. The zero-order valence-corrected chi connectivity index (χ0v) is 5.64. The fourth-order valence-corrected chi connectivity index (χ4v) is 0.484. The van der Waals surface area contributed by atoms with Crippen molar-refractivity contribution in [2.24, 2.45) is 0 Å². The second-order valence-corrected chi connectivity index (χ2v) is 1.63. The molecule has 58 valence electrons. The number of hydrogen-bond donors (Lipinski definition) is 1. The molecule has 10 heavy (non-hydrogen) atoms. The van der Waals surface area contributed by atoms with Crippen molar-refractivity contribution in [1.29, 1.82) is 0 Å². The number of nitrogens with zero attached hydrogens (tertiary/aromatic N) is 1. The lowest BCUT2D eigenvalue weighted by atomic mass is 10.7. The van der Waals surface area contributed by atoms with Gasteiger partial charge in [0.05, 0.1) is 0 Å². The minimum Gasteiger partial charge on any atom is -0.412 e. The molecule has 5 N–H and O–H groups in total. The molecule has 1 rings (SSSR count). The van der Waals surface area contributed by atoms with Crippen molar-refractivity contribution in [3.8, 4) is 0 Å². The van der Waals surface area contributed by atoms with E-state index < -0.39 is 5.69 Å². The van der Waals surface area contributed by atoms with Gasteiger partial charge in [-0.3, -0.25) is 4.98 Å². The third kappa shape index (κ3) is 3.18. The summed E-state index contributed by atoms with van der Waals surface area (Å²) in [7, 11) is 0. The Morgan fingerprint density at radius 2 is 2.10 bits per heavy atom. The molecule has 0 aliphatic carbocycles. The molecule has 0 aromatic carbocycles. The van der Waals surface area contributed by atoms with Gasteiger partial charge in [-0.1, -0.05) is 11.6 Å². The molecule has 6 heteroatoms. The second-order valence-electron chi connectivity index (χ2n) is 1.22. The molecular weight excluding hydrogens is 160 g/mol. The van der Waals surface area contributed by atoms with Crippen LogP contribution in [0.4, 0.5) is 0 Å². The molecule has 1 heterocycles. The van der Waals surface area contributed by atoms with Crippen LogP contribution in [0.1, 0.15) is 0 Å². The molecule has 0 aliphatic rings. The van der Waals surface area contributed by atoms with Crippen LogP contribution in [0.25, 0.3) is 0 Å². The number of H-pyrrole nitrogens is 1. The van der Waals surface area contributed by atoms with Crippen LogP contribution in [0.3, 0.4) is 0 Å². The molecule has 1 aromatic heterocycles. The van der Waals surface area contributed by atoms with Crippen molar-refractivity contribution in [3.05, 3.63) is 27.9 Å². The maximum Gasteiger partial charge on any atom is 0.346 e. The molecule has 0 bridgehead atoms. The van der Waals surface area contributed by atoms with Crippen LogP contribution in [-0.4, -0.2) is 20.9 Å². The van der Waals surface area contributed by atoms with Gasteiger partial charge in [0, 0.05) is 6.20 Å². The lowest BCUT2D eigenvalue weighted by molar-refractivity contribution is 0.823. The highest BCUT2D eigenvalue weighted by molar-refractivity contribution is 6.29. The summed E-state index contributed by atoms with van der Waals surface area (Å²) in [4.78, 5) is 15.9. The number of nitrogens with one attached hydrogen (secondary N) is 1. The van der Waals surface area contributed by atoms with Gasteiger partial charge in [-0.2, -0.15) is 0 Å². The minimum absolute atomic E-state index is 0. The van der Waals surface area contributed by atoms with E-state index in [-0.39, 0.29) is 11.0 Å². The van der Waals surface area contributed by atoms with Gasteiger partial charge < -0.3 is 11.0 Å². The Kier molecular flexibility index (Phi) is 5.82.